The fourth-order valence-electron chi connectivity index (χ4n) is 3.98. The molecule has 0 bridgehead atoms. The Bertz CT molecular complexity index is 1020. The molecule has 3 rings (SSSR count). The Hall–Kier alpha value is -2.83. The van der Waals surface area contributed by atoms with Crippen LogP contribution in [0.2, 0.25) is 0 Å². The van der Waals surface area contributed by atoms with Crippen molar-refractivity contribution in [1.29, 1.82) is 0 Å². The van der Waals surface area contributed by atoms with Gasteiger partial charge in [0, 0.05) is 5.56 Å². The average molecular weight is 414 g/mol. The van der Waals surface area contributed by atoms with Gasteiger partial charge in [0.25, 0.3) is 5.91 Å². The smallest absolute Gasteiger partial charge is 0.339 e. The summed E-state index contributed by atoms with van der Waals surface area (Å²) in [5.41, 5.74) is 2.55. The molecule has 2 atom stereocenters. The van der Waals surface area contributed by atoms with E-state index in [1.165, 1.54) is 0 Å². The van der Waals surface area contributed by atoms with Crippen molar-refractivity contribution in [2.24, 2.45) is 5.92 Å². The van der Waals surface area contributed by atoms with E-state index >= 15 is 0 Å². The number of carboxylic acids is 1. The molecule has 1 aromatic heterocycles. The number of fused-ring (bicyclic) bond motifs is 3. The molecule has 1 N–H and O–H groups in total. The molecule has 0 radical (unpaired) electrons. The van der Waals surface area contributed by atoms with Crippen LogP contribution in [-0.2, 0) is 22.4 Å². The van der Waals surface area contributed by atoms with E-state index in [2.05, 4.69) is 5.32 Å². The van der Waals surface area contributed by atoms with Gasteiger partial charge in [-0.2, -0.15) is 0 Å². The number of nitrogens with one attached hydrogen (secondary N) is 1. The molecule has 0 saturated heterocycles. The van der Waals surface area contributed by atoms with Crippen LogP contribution >= 0.6 is 0 Å². The lowest BCUT2D eigenvalue weighted by Crippen LogP contribution is -2.51. The van der Waals surface area contributed by atoms with E-state index in [-0.39, 0.29) is 18.0 Å². The maximum absolute atomic E-state index is 12.6. The molecule has 0 saturated carbocycles. The van der Waals surface area contributed by atoms with Crippen LogP contribution in [0.25, 0.3) is 11.0 Å². The number of carbonyl (C=O) groups excluding carboxylic acids is 2. The third-order valence-electron chi connectivity index (χ3n) is 5.41. The second-order valence-corrected chi connectivity index (χ2v) is 8.46. The first kappa shape index (κ1) is 21.9. The molecule has 1 aromatic carbocycles. The molecule has 1 amide bonds. The second kappa shape index (κ2) is 8.90. The fraction of sp³-hybridized carbons (Fsp3) is 0.522. The zero-order chi connectivity index (χ0) is 22.0. The zero-order valence-electron chi connectivity index (χ0n) is 17.9. The van der Waals surface area contributed by atoms with Crippen LogP contribution in [0.5, 0.6) is 5.75 Å². The highest BCUT2D eigenvalue weighted by atomic mass is 16.5. The molecule has 0 unspecified atom stereocenters. The number of amides is 1. The normalized spacial score (nSPS) is 15.5. The van der Waals surface area contributed by atoms with E-state index in [0.717, 1.165) is 30.4 Å². The van der Waals surface area contributed by atoms with Crippen LogP contribution in [0, 0.1) is 12.8 Å². The van der Waals surface area contributed by atoms with Crippen molar-refractivity contribution >= 4 is 22.8 Å². The summed E-state index contributed by atoms with van der Waals surface area (Å²) in [5.74, 6) is -1.31. The molecule has 30 heavy (non-hydrogen) atoms. The summed E-state index contributed by atoms with van der Waals surface area (Å²) in [6, 6.07) is 2.52. The van der Waals surface area contributed by atoms with Crippen molar-refractivity contribution in [1.82, 2.24) is 5.32 Å². The third kappa shape index (κ3) is 4.66. The Balaban J connectivity index is 1.92. The molecule has 1 heterocycles. The summed E-state index contributed by atoms with van der Waals surface area (Å²) in [6.07, 6.45) is 2.66. The van der Waals surface area contributed by atoms with E-state index in [1.807, 2.05) is 26.8 Å². The van der Waals surface area contributed by atoms with Crippen molar-refractivity contribution in [2.45, 2.75) is 71.9 Å². The summed E-state index contributed by atoms with van der Waals surface area (Å²) in [6.45, 7) is 7.16. The number of rotatable bonds is 7. The van der Waals surface area contributed by atoms with Crippen molar-refractivity contribution in [3.63, 3.8) is 0 Å². The van der Waals surface area contributed by atoms with E-state index < -0.39 is 24.0 Å². The molecule has 1 aliphatic carbocycles. The standard InChI is InChI=1S/C23H29NO6/c1-12(2)9-17(22(26)27)24-21(25)14(4)29-18-10-13(3)11-19-20(18)15-7-5-6-8-16(15)23(28)30-19/h10-12,14,17H,5-9H2,1-4H3,(H,24,25)(H,26,27)/p-1/t14-,17+/m1/s1. The average Bonchev–Trinajstić information content (AvgIpc) is 2.66. The van der Waals surface area contributed by atoms with E-state index in [0.29, 0.717) is 28.7 Å². The number of carbonyl (C=O) groups is 2. The van der Waals surface area contributed by atoms with Gasteiger partial charge in [-0.1, -0.05) is 13.8 Å². The Kier molecular flexibility index (Phi) is 6.48. The van der Waals surface area contributed by atoms with Crippen LogP contribution in [0.1, 0.15) is 56.7 Å². The van der Waals surface area contributed by atoms with Gasteiger partial charge >= 0.3 is 5.63 Å². The number of aliphatic carboxylic acids is 1. The minimum Gasteiger partial charge on any atom is -0.548 e. The molecule has 1 aliphatic rings. The highest BCUT2D eigenvalue weighted by Gasteiger charge is 2.25. The first-order chi connectivity index (χ1) is 14.2. The Morgan fingerprint density at radius 1 is 1.17 bits per heavy atom. The van der Waals surface area contributed by atoms with Gasteiger partial charge in [-0.05, 0) is 75.1 Å². The maximum atomic E-state index is 12.6. The molecule has 0 spiro atoms. The van der Waals surface area contributed by atoms with E-state index in [1.54, 1.807) is 13.0 Å². The number of benzene rings is 1. The summed E-state index contributed by atoms with van der Waals surface area (Å²) in [7, 11) is 0. The third-order valence-corrected chi connectivity index (χ3v) is 5.41. The molecule has 0 aliphatic heterocycles. The van der Waals surface area contributed by atoms with Gasteiger partial charge in [-0.25, -0.2) is 4.79 Å². The second-order valence-electron chi connectivity index (χ2n) is 8.46. The highest BCUT2D eigenvalue weighted by molar-refractivity contribution is 5.90. The fourth-order valence-corrected chi connectivity index (χ4v) is 3.98. The van der Waals surface area contributed by atoms with Gasteiger partial charge < -0.3 is 24.4 Å². The van der Waals surface area contributed by atoms with E-state index in [9.17, 15) is 19.5 Å². The molecule has 2 aromatic rings. The molecule has 0 fully saturated rings. The van der Waals surface area contributed by atoms with Crippen molar-refractivity contribution < 1.29 is 23.8 Å². The molecule has 7 nitrogen and oxygen atoms in total. The number of ether oxygens (including phenoxy) is 1. The summed E-state index contributed by atoms with van der Waals surface area (Å²) in [5, 5.41) is 14.6. The zero-order valence-corrected chi connectivity index (χ0v) is 17.9. The molecular weight excluding hydrogens is 386 g/mol. The lowest BCUT2D eigenvalue weighted by Gasteiger charge is -2.24. The summed E-state index contributed by atoms with van der Waals surface area (Å²) in [4.78, 5) is 36.3. The van der Waals surface area contributed by atoms with Gasteiger partial charge in [-0.3, -0.25) is 4.79 Å². The minimum atomic E-state index is -1.32. The molecule has 7 heteroatoms. The van der Waals surface area contributed by atoms with Crippen LogP contribution < -0.4 is 20.8 Å². The Morgan fingerprint density at radius 2 is 1.83 bits per heavy atom. The van der Waals surface area contributed by atoms with Gasteiger partial charge in [0.05, 0.1) is 17.4 Å². The topological polar surface area (TPSA) is 109 Å². The predicted octanol–water partition coefficient (Wildman–Crippen LogP) is 2.03. The van der Waals surface area contributed by atoms with Gasteiger partial charge in [0.1, 0.15) is 11.3 Å². The Morgan fingerprint density at radius 3 is 2.47 bits per heavy atom. The van der Waals surface area contributed by atoms with Gasteiger partial charge in [0.2, 0.25) is 0 Å². The lowest BCUT2D eigenvalue weighted by atomic mass is 9.90. The highest BCUT2D eigenvalue weighted by Crippen LogP contribution is 2.35. The molecular formula is C23H28NO6-. The SMILES string of the molecule is Cc1cc(O[C@H](C)C(=O)N[C@@H](CC(C)C)C(=O)[O-])c2c3c(c(=O)oc2c1)CCCC3. The van der Waals surface area contributed by atoms with Crippen molar-refractivity contribution in [2.75, 3.05) is 0 Å². The number of carboxylic acid groups (broad SMARTS) is 1. The largest absolute Gasteiger partial charge is 0.548 e. The van der Waals surface area contributed by atoms with Crippen LogP contribution in [0.4, 0.5) is 0 Å². The number of hydrogen-bond donors (Lipinski definition) is 1. The van der Waals surface area contributed by atoms with Crippen LogP contribution in [0.3, 0.4) is 0 Å². The van der Waals surface area contributed by atoms with E-state index in [4.69, 9.17) is 9.15 Å². The monoisotopic (exact) mass is 414 g/mol. The summed E-state index contributed by atoms with van der Waals surface area (Å²) < 4.78 is 11.5. The van der Waals surface area contributed by atoms with Crippen LogP contribution in [0.15, 0.2) is 21.3 Å². The summed E-state index contributed by atoms with van der Waals surface area (Å²) >= 11 is 0. The van der Waals surface area contributed by atoms with Crippen molar-refractivity contribution in [3.8, 4) is 5.75 Å². The Labute approximate surface area is 175 Å². The van der Waals surface area contributed by atoms with Gasteiger partial charge in [0.15, 0.2) is 6.10 Å². The quantitative estimate of drug-likeness (QED) is 0.695. The first-order valence-electron chi connectivity index (χ1n) is 10.4. The first-order valence-corrected chi connectivity index (χ1v) is 10.4. The minimum absolute atomic E-state index is 0.0829. The molecule has 162 valence electrons. The predicted molar refractivity (Wildman–Crippen MR) is 110 cm³/mol. The number of aryl methyl sites for hydroxylation is 2. The lowest BCUT2D eigenvalue weighted by molar-refractivity contribution is -0.308. The van der Waals surface area contributed by atoms with Gasteiger partial charge in [-0.15, -0.1) is 0 Å². The maximum Gasteiger partial charge on any atom is 0.339 e. The van der Waals surface area contributed by atoms with Crippen LogP contribution in [-0.4, -0.2) is 24.0 Å². The van der Waals surface area contributed by atoms with Crippen molar-refractivity contribution in [3.05, 3.63) is 39.2 Å². The number of hydrogen-bond acceptors (Lipinski definition) is 6.